The van der Waals surface area contributed by atoms with Crippen LogP contribution in [0.4, 0.5) is 11.4 Å². The van der Waals surface area contributed by atoms with Crippen LogP contribution in [0.2, 0.25) is 0 Å². The Morgan fingerprint density at radius 2 is 1.66 bits per heavy atom. The molecule has 0 aliphatic carbocycles. The zero-order valence-electron chi connectivity index (χ0n) is 18.4. The summed E-state index contributed by atoms with van der Waals surface area (Å²) >= 11 is 0. The van der Waals surface area contributed by atoms with Gasteiger partial charge in [-0.1, -0.05) is 18.2 Å². The van der Waals surface area contributed by atoms with Crippen molar-refractivity contribution in [1.29, 1.82) is 0 Å². The molecule has 1 amide bonds. The maximum Gasteiger partial charge on any atom is 0.255 e. The van der Waals surface area contributed by atoms with Crippen molar-refractivity contribution in [3.63, 3.8) is 0 Å². The third-order valence-electron chi connectivity index (χ3n) is 6.24. The summed E-state index contributed by atoms with van der Waals surface area (Å²) in [6.07, 6.45) is 1.17. The lowest BCUT2D eigenvalue weighted by Gasteiger charge is -2.22. The zero-order chi connectivity index (χ0) is 22.1. The van der Waals surface area contributed by atoms with Crippen molar-refractivity contribution in [2.45, 2.75) is 12.5 Å². The Morgan fingerprint density at radius 3 is 2.38 bits per heavy atom. The lowest BCUT2D eigenvalue weighted by molar-refractivity contribution is 0.102. The van der Waals surface area contributed by atoms with Crippen molar-refractivity contribution in [1.82, 2.24) is 4.90 Å². The first-order valence-electron chi connectivity index (χ1n) is 10.9. The lowest BCUT2D eigenvalue weighted by atomic mass is 10.0. The number of amides is 1. The van der Waals surface area contributed by atoms with E-state index in [9.17, 15) is 4.79 Å². The van der Waals surface area contributed by atoms with E-state index in [-0.39, 0.29) is 12.7 Å². The predicted octanol–water partition coefficient (Wildman–Crippen LogP) is 4.47. The highest BCUT2D eigenvalue weighted by atomic mass is 16.7. The average molecular weight is 430 g/mol. The Balaban J connectivity index is 1.22. The molecule has 3 aromatic rings. The van der Waals surface area contributed by atoms with Gasteiger partial charge in [-0.25, -0.2) is 0 Å². The molecular formula is C26H27N3O3. The van der Waals surface area contributed by atoms with Gasteiger partial charge in [-0.3, -0.25) is 4.79 Å². The van der Waals surface area contributed by atoms with E-state index < -0.39 is 0 Å². The summed E-state index contributed by atoms with van der Waals surface area (Å²) in [4.78, 5) is 17.4. The van der Waals surface area contributed by atoms with Crippen LogP contribution in [0.5, 0.6) is 11.5 Å². The van der Waals surface area contributed by atoms with Crippen molar-refractivity contribution in [3.8, 4) is 22.6 Å². The summed E-state index contributed by atoms with van der Waals surface area (Å²) in [5, 5.41) is 2.99. The molecule has 1 atom stereocenters. The molecular weight excluding hydrogens is 402 g/mol. The molecule has 5 rings (SSSR count). The van der Waals surface area contributed by atoms with E-state index in [1.54, 1.807) is 0 Å². The number of rotatable bonds is 5. The van der Waals surface area contributed by atoms with Crippen molar-refractivity contribution in [2.75, 3.05) is 44.2 Å². The Kier molecular flexibility index (Phi) is 5.45. The molecule has 1 saturated heterocycles. The second-order valence-corrected chi connectivity index (χ2v) is 8.50. The average Bonchev–Trinajstić information content (AvgIpc) is 3.49. The minimum Gasteiger partial charge on any atom is -0.454 e. The van der Waals surface area contributed by atoms with Gasteiger partial charge in [0, 0.05) is 36.1 Å². The first-order chi connectivity index (χ1) is 15.6. The molecule has 32 heavy (non-hydrogen) atoms. The fourth-order valence-electron chi connectivity index (χ4n) is 4.25. The molecule has 1 fully saturated rings. The van der Waals surface area contributed by atoms with Gasteiger partial charge in [0.1, 0.15) is 0 Å². The summed E-state index contributed by atoms with van der Waals surface area (Å²) in [7, 11) is 4.27. The van der Waals surface area contributed by atoms with Gasteiger partial charge >= 0.3 is 0 Å². The molecule has 0 aromatic heterocycles. The minimum atomic E-state index is -0.121. The fourth-order valence-corrected chi connectivity index (χ4v) is 4.25. The molecule has 2 aliphatic rings. The molecule has 2 aliphatic heterocycles. The highest BCUT2D eigenvalue weighted by Crippen LogP contribution is 2.36. The van der Waals surface area contributed by atoms with E-state index in [1.807, 2.05) is 54.6 Å². The van der Waals surface area contributed by atoms with Gasteiger partial charge in [0.15, 0.2) is 11.5 Å². The summed E-state index contributed by atoms with van der Waals surface area (Å²) < 4.78 is 10.8. The van der Waals surface area contributed by atoms with Gasteiger partial charge in [0.25, 0.3) is 5.91 Å². The number of fused-ring (bicyclic) bond motifs is 1. The standard InChI is InChI=1S/C26H27N3O3/c1-28(2)23-13-14-29(16-23)22-10-8-21(9-11-22)27-26(30)19-5-3-18(4-6-19)20-7-12-24-25(15-20)32-17-31-24/h3-12,15,23H,13-14,16-17H2,1-2H3,(H,27,30). The Bertz CT molecular complexity index is 1110. The number of benzene rings is 3. The van der Waals surface area contributed by atoms with E-state index >= 15 is 0 Å². The van der Waals surface area contributed by atoms with E-state index in [2.05, 4.69) is 41.3 Å². The molecule has 0 spiro atoms. The minimum absolute atomic E-state index is 0.121. The number of nitrogens with one attached hydrogen (secondary N) is 1. The molecule has 1 unspecified atom stereocenters. The van der Waals surface area contributed by atoms with Crippen LogP contribution in [0.3, 0.4) is 0 Å². The van der Waals surface area contributed by atoms with Gasteiger partial charge in [0.05, 0.1) is 0 Å². The molecule has 0 bridgehead atoms. The SMILES string of the molecule is CN(C)C1CCN(c2ccc(NC(=O)c3ccc(-c4ccc5c(c4)OCO5)cc3)cc2)C1. The highest BCUT2D eigenvalue weighted by molar-refractivity contribution is 6.04. The number of nitrogens with zero attached hydrogens (tertiary/aromatic N) is 2. The largest absolute Gasteiger partial charge is 0.454 e. The van der Waals surface area contributed by atoms with Crippen LogP contribution in [0, 0.1) is 0 Å². The van der Waals surface area contributed by atoms with Crippen molar-refractivity contribution in [3.05, 3.63) is 72.3 Å². The van der Waals surface area contributed by atoms with E-state index in [0.29, 0.717) is 11.6 Å². The number of anilines is 2. The number of carbonyl (C=O) groups is 1. The zero-order valence-corrected chi connectivity index (χ0v) is 18.4. The number of likely N-dealkylation sites (N-methyl/N-ethyl adjacent to an activating group) is 1. The topological polar surface area (TPSA) is 54.0 Å². The summed E-state index contributed by atoms with van der Waals surface area (Å²) in [5.41, 5.74) is 4.65. The molecule has 2 heterocycles. The number of carbonyl (C=O) groups excluding carboxylic acids is 1. The predicted molar refractivity (Wildman–Crippen MR) is 127 cm³/mol. The summed E-state index contributed by atoms with van der Waals surface area (Å²) in [6, 6.07) is 22.1. The van der Waals surface area contributed by atoms with E-state index in [4.69, 9.17) is 9.47 Å². The fraction of sp³-hybridized carbons (Fsp3) is 0.269. The monoisotopic (exact) mass is 429 g/mol. The molecule has 6 heteroatoms. The molecule has 3 aromatic carbocycles. The van der Waals surface area contributed by atoms with Gasteiger partial charge in [-0.2, -0.15) is 0 Å². The number of ether oxygens (including phenoxy) is 2. The Morgan fingerprint density at radius 1 is 0.938 bits per heavy atom. The summed E-state index contributed by atoms with van der Waals surface area (Å²) in [5.74, 6) is 1.39. The van der Waals surface area contributed by atoms with Crippen LogP contribution in [-0.4, -0.2) is 50.8 Å². The smallest absolute Gasteiger partial charge is 0.255 e. The van der Waals surface area contributed by atoms with Crippen LogP contribution in [0.25, 0.3) is 11.1 Å². The second kappa shape index (κ2) is 8.55. The first kappa shape index (κ1) is 20.4. The third-order valence-corrected chi connectivity index (χ3v) is 6.24. The van der Waals surface area contributed by atoms with Gasteiger partial charge in [-0.05, 0) is 80.2 Å². The molecule has 0 radical (unpaired) electrons. The lowest BCUT2D eigenvalue weighted by Crippen LogP contribution is -2.31. The maximum atomic E-state index is 12.7. The second-order valence-electron chi connectivity index (χ2n) is 8.50. The van der Waals surface area contributed by atoms with Gasteiger partial charge in [0.2, 0.25) is 6.79 Å². The van der Waals surface area contributed by atoms with Crippen molar-refractivity contribution < 1.29 is 14.3 Å². The number of hydrogen-bond acceptors (Lipinski definition) is 5. The highest BCUT2D eigenvalue weighted by Gasteiger charge is 2.24. The van der Waals surface area contributed by atoms with Crippen LogP contribution in [0.15, 0.2) is 66.7 Å². The molecule has 164 valence electrons. The normalized spacial score (nSPS) is 17.1. The molecule has 6 nitrogen and oxygen atoms in total. The van der Waals surface area contributed by atoms with Crippen molar-refractivity contribution >= 4 is 17.3 Å². The summed E-state index contributed by atoms with van der Waals surface area (Å²) in [6.45, 7) is 2.35. The number of hydrogen-bond donors (Lipinski definition) is 1. The van der Waals surface area contributed by atoms with Crippen LogP contribution in [-0.2, 0) is 0 Å². The van der Waals surface area contributed by atoms with Gasteiger partial charge < -0.3 is 24.6 Å². The van der Waals surface area contributed by atoms with Crippen molar-refractivity contribution in [2.24, 2.45) is 0 Å². The van der Waals surface area contributed by atoms with E-state index in [1.165, 1.54) is 12.1 Å². The van der Waals surface area contributed by atoms with Gasteiger partial charge in [-0.15, -0.1) is 0 Å². The van der Waals surface area contributed by atoms with Crippen LogP contribution < -0.4 is 19.7 Å². The quantitative estimate of drug-likeness (QED) is 0.648. The Labute approximate surface area is 188 Å². The Hall–Kier alpha value is -3.51. The van der Waals surface area contributed by atoms with E-state index in [0.717, 1.165) is 41.4 Å². The molecule has 1 N–H and O–H groups in total. The third kappa shape index (κ3) is 4.14. The van der Waals surface area contributed by atoms with Crippen LogP contribution >= 0.6 is 0 Å². The maximum absolute atomic E-state index is 12.7. The van der Waals surface area contributed by atoms with Crippen LogP contribution in [0.1, 0.15) is 16.8 Å². The molecule has 0 saturated carbocycles. The first-order valence-corrected chi connectivity index (χ1v) is 10.9.